The van der Waals surface area contributed by atoms with Gasteiger partial charge in [0.25, 0.3) is 5.91 Å². The number of amides is 2. The maximum Gasteiger partial charge on any atom is 0.250 e. The fourth-order valence-corrected chi connectivity index (χ4v) is 3.37. The molecule has 0 radical (unpaired) electrons. The molecule has 3 N–H and O–H groups in total. The van der Waals surface area contributed by atoms with Crippen LogP contribution in [-0.2, 0) is 11.8 Å². The van der Waals surface area contributed by atoms with Gasteiger partial charge in [-0.15, -0.1) is 10.2 Å². The molecule has 0 spiro atoms. The first kappa shape index (κ1) is 18.9. The van der Waals surface area contributed by atoms with E-state index in [4.69, 9.17) is 17.3 Å². The Hall–Kier alpha value is -2.84. The Labute approximate surface area is 164 Å². The number of nitrogens with one attached hydrogen (secondary N) is 1. The Kier molecular flexibility index (Phi) is 5.78. The second-order valence-electron chi connectivity index (χ2n) is 5.59. The lowest BCUT2D eigenvalue weighted by atomic mass is 10.1. The summed E-state index contributed by atoms with van der Waals surface area (Å²) in [6, 6.07) is 13.9. The molecular formula is C18H16ClN5O2S. The SMILES string of the molecule is Cn1c(SCC(=O)Nc2ccccc2C(N)=O)nnc1-c1ccccc1Cl. The van der Waals surface area contributed by atoms with E-state index in [2.05, 4.69) is 15.5 Å². The highest BCUT2D eigenvalue weighted by atomic mass is 35.5. The number of thioether (sulfide) groups is 1. The van der Waals surface area contributed by atoms with Gasteiger partial charge < -0.3 is 15.6 Å². The molecule has 0 atom stereocenters. The van der Waals surface area contributed by atoms with E-state index in [0.29, 0.717) is 21.7 Å². The van der Waals surface area contributed by atoms with E-state index in [1.165, 1.54) is 11.8 Å². The average molecular weight is 402 g/mol. The van der Waals surface area contributed by atoms with Gasteiger partial charge in [-0.2, -0.15) is 0 Å². The summed E-state index contributed by atoms with van der Waals surface area (Å²) in [4.78, 5) is 23.7. The Balaban J connectivity index is 1.69. The zero-order valence-corrected chi connectivity index (χ0v) is 15.9. The molecule has 0 bridgehead atoms. The van der Waals surface area contributed by atoms with Crippen LogP contribution >= 0.6 is 23.4 Å². The number of primary amides is 1. The Morgan fingerprint density at radius 3 is 2.59 bits per heavy atom. The lowest BCUT2D eigenvalue weighted by Crippen LogP contribution is -2.19. The van der Waals surface area contributed by atoms with Crippen molar-refractivity contribution in [3.05, 3.63) is 59.1 Å². The number of rotatable bonds is 6. The van der Waals surface area contributed by atoms with Crippen molar-refractivity contribution in [2.75, 3.05) is 11.1 Å². The van der Waals surface area contributed by atoms with Crippen molar-refractivity contribution in [2.45, 2.75) is 5.16 Å². The number of para-hydroxylation sites is 1. The highest BCUT2D eigenvalue weighted by molar-refractivity contribution is 7.99. The van der Waals surface area contributed by atoms with Crippen molar-refractivity contribution in [2.24, 2.45) is 12.8 Å². The van der Waals surface area contributed by atoms with Crippen LogP contribution in [0.3, 0.4) is 0 Å². The summed E-state index contributed by atoms with van der Waals surface area (Å²) < 4.78 is 1.77. The molecule has 0 saturated heterocycles. The standard InChI is InChI=1S/C18H16ClN5O2S/c1-24-17(11-6-2-4-8-13(11)19)22-23-18(24)27-10-15(25)21-14-9-5-3-7-12(14)16(20)26/h2-9H,10H2,1H3,(H2,20,26)(H,21,25). The van der Waals surface area contributed by atoms with Gasteiger partial charge in [0.05, 0.1) is 22.0 Å². The van der Waals surface area contributed by atoms with Gasteiger partial charge in [0.15, 0.2) is 11.0 Å². The minimum atomic E-state index is -0.601. The highest BCUT2D eigenvalue weighted by Gasteiger charge is 2.16. The monoisotopic (exact) mass is 401 g/mol. The molecule has 3 aromatic rings. The van der Waals surface area contributed by atoms with Crippen molar-refractivity contribution >= 4 is 40.9 Å². The number of carbonyl (C=O) groups is 2. The van der Waals surface area contributed by atoms with Gasteiger partial charge in [-0.3, -0.25) is 9.59 Å². The Morgan fingerprint density at radius 1 is 1.15 bits per heavy atom. The molecule has 7 nitrogen and oxygen atoms in total. The van der Waals surface area contributed by atoms with Gasteiger partial charge in [-0.1, -0.05) is 47.6 Å². The van der Waals surface area contributed by atoms with Gasteiger partial charge in [-0.25, -0.2) is 0 Å². The summed E-state index contributed by atoms with van der Waals surface area (Å²) in [6.07, 6.45) is 0. The molecule has 0 aliphatic carbocycles. The van der Waals surface area contributed by atoms with Crippen molar-refractivity contribution in [1.82, 2.24) is 14.8 Å². The molecule has 2 aromatic carbocycles. The molecule has 0 aliphatic heterocycles. The Bertz CT molecular complexity index is 1000. The van der Waals surface area contributed by atoms with Gasteiger partial charge in [-0.05, 0) is 24.3 Å². The number of aromatic nitrogens is 3. The number of hydrogen-bond acceptors (Lipinski definition) is 5. The lowest BCUT2D eigenvalue weighted by Gasteiger charge is -2.08. The first-order valence-corrected chi connectivity index (χ1v) is 9.29. The number of hydrogen-bond donors (Lipinski definition) is 2. The van der Waals surface area contributed by atoms with Gasteiger partial charge in [0.1, 0.15) is 0 Å². The summed E-state index contributed by atoms with van der Waals surface area (Å²) in [7, 11) is 1.81. The number of nitrogens with zero attached hydrogens (tertiary/aromatic N) is 3. The molecule has 1 heterocycles. The second-order valence-corrected chi connectivity index (χ2v) is 6.94. The third-order valence-electron chi connectivity index (χ3n) is 3.75. The molecule has 2 amide bonds. The van der Waals surface area contributed by atoms with E-state index in [1.54, 1.807) is 41.9 Å². The van der Waals surface area contributed by atoms with Crippen LogP contribution in [0.4, 0.5) is 5.69 Å². The third-order valence-corrected chi connectivity index (χ3v) is 5.10. The number of anilines is 1. The first-order chi connectivity index (χ1) is 13.0. The predicted octanol–water partition coefficient (Wildman–Crippen LogP) is 2.97. The van der Waals surface area contributed by atoms with Gasteiger partial charge >= 0.3 is 0 Å². The zero-order chi connectivity index (χ0) is 19.4. The summed E-state index contributed by atoms with van der Waals surface area (Å²) in [6.45, 7) is 0. The molecule has 0 saturated carbocycles. The first-order valence-electron chi connectivity index (χ1n) is 7.93. The molecule has 3 rings (SSSR count). The van der Waals surface area contributed by atoms with Crippen molar-refractivity contribution < 1.29 is 9.59 Å². The van der Waals surface area contributed by atoms with Crippen molar-refractivity contribution in [3.8, 4) is 11.4 Å². The van der Waals surface area contributed by atoms with E-state index in [-0.39, 0.29) is 17.2 Å². The van der Waals surface area contributed by atoms with Crippen LogP contribution in [0.1, 0.15) is 10.4 Å². The van der Waals surface area contributed by atoms with Crippen LogP contribution in [-0.4, -0.2) is 32.3 Å². The predicted molar refractivity (Wildman–Crippen MR) is 106 cm³/mol. The maximum absolute atomic E-state index is 12.2. The quantitative estimate of drug-likeness (QED) is 0.618. The Morgan fingerprint density at radius 2 is 1.85 bits per heavy atom. The molecule has 27 heavy (non-hydrogen) atoms. The lowest BCUT2D eigenvalue weighted by molar-refractivity contribution is -0.113. The molecule has 0 fully saturated rings. The zero-order valence-electron chi connectivity index (χ0n) is 14.3. The van der Waals surface area contributed by atoms with Crippen LogP contribution in [0.5, 0.6) is 0 Å². The van der Waals surface area contributed by atoms with Crippen molar-refractivity contribution in [3.63, 3.8) is 0 Å². The van der Waals surface area contributed by atoms with Gasteiger partial charge in [0.2, 0.25) is 5.91 Å². The number of carbonyl (C=O) groups excluding carboxylic acids is 2. The van der Waals surface area contributed by atoms with Crippen LogP contribution in [0.2, 0.25) is 5.02 Å². The largest absolute Gasteiger partial charge is 0.366 e. The fourth-order valence-electron chi connectivity index (χ4n) is 2.44. The van der Waals surface area contributed by atoms with E-state index in [0.717, 1.165) is 5.56 Å². The van der Waals surface area contributed by atoms with Crippen LogP contribution in [0, 0.1) is 0 Å². The smallest absolute Gasteiger partial charge is 0.250 e. The molecule has 0 aliphatic rings. The summed E-state index contributed by atoms with van der Waals surface area (Å²) in [5.74, 6) is -0.170. The average Bonchev–Trinajstić information content (AvgIpc) is 3.01. The van der Waals surface area contributed by atoms with E-state index in [9.17, 15) is 9.59 Å². The van der Waals surface area contributed by atoms with Crippen molar-refractivity contribution in [1.29, 1.82) is 0 Å². The second kappa shape index (κ2) is 8.24. The third kappa shape index (κ3) is 4.29. The normalized spacial score (nSPS) is 10.6. The van der Waals surface area contributed by atoms with Gasteiger partial charge in [0, 0.05) is 12.6 Å². The summed E-state index contributed by atoms with van der Waals surface area (Å²) in [5, 5.41) is 12.1. The molecule has 1 aromatic heterocycles. The van der Waals surface area contributed by atoms with Crippen LogP contribution in [0.25, 0.3) is 11.4 Å². The number of benzene rings is 2. The van der Waals surface area contributed by atoms with E-state index < -0.39 is 5.91 Å². The molecule has 9 heteroatoms. The van der Waals surface area contributed by atoms with Crippen LogP contribution in [0.15, 0.2) is 53.7 Å². The van der Waals surface area contributed by atoms with Crippen LogP contribution < -0.4 is 11.1 Å². The maximum atomic E-state index is 12.2. The fraction of sp³-hybridized carbons (Fsp3) is 0.111. The van der Waals surface area contributed by atoms with E-state index in [1.807, 2.05) is 18.2 Å². The highest BCUT2D eigenvalue weighted by Crippen LogP contribution is 2.28. The minimum absolute atomic E-state index is 0.0988. The summed E-state index contributed by atoms with van der Waals surface area (Å²) >= 11 is 7.44. The molecule has 0 unspecified atom stereocenters. The minimum Gasteiger partial charge on any atom is -0.366 e. The number of nitrogens with two attached hydrogens (primary N) is 1. The molecular weight excluding hydrogens is 386 g/mol. The molecule has 138 valence electrons. The number of halogens is 1. The summed E-state index contributed by atoms with van der Waals surface area (Å²) in [5.41, 5.74) is 6.72. The van der Waals surface area contributed by atoms with E-state index >= 15 is 0 Å². The topological polar surface area (TPSA) is 103 Å².